The standard InChI is InChI=1S/C22H20N2O7S2/c23-20-13-11-17(33(28,29)30)12(6-2-1-3-9-18(25)26)10-15(13)31-22(27)19(20)21-24-14-7-4-5-8-16(14)32-21/h4-5,7-8,10-11H,1-3,6,9,23H2,(H,25,26)(H,28,29,30). The zero-order chi connectivity index (χ0) is 23.8. The predicted octanol–water partition coefficient (Wildman–Crippen LogP) is 4.09. The van der Waals surface area contributed by atoms with Crippen LogP contribution in [0.5, 0.6) is 0 Å². The average molecular weight is 489 g/mol. The van der Waals surface area contributed by atoms with E-state index in [9.17, 15) is 22.6 Å². The largest absolute Gasteiger partial charge is 0.481 e. The van der Waals surface area contributed by atoms with Crippen LogP contribution >= 0.6 is 11.3 Å². The van der Waals surface area contributed by atoms with E-state index in [-0.39, 0.29) is 45.5 Å². The summed E-state index contributed by atoms with van der Waals surface area (Å²) in [5, 5.41) is 9.25. The van der Waals surface area contributed by atoms with Crippen LogP contribution in [0.4, 0.5) is 5.69 Å². The highest BCUT2D eigenvalue weighted by Gasteiger charge is 2.22. The minimum absolute atomic E-state index is 0.0122. The van der Waals surface area contributed by atoms with Crippen molar-refractivity contribution in [3.05, 3.63) is 52.4 Å². The van der Waals surface area contributed by atoms with Gasteiger partial charge in [0.05, 0.1) is 20.8 Å². The number of carboxylic acids is 1. The van der Waals surface area contributed by atoms with Crippen LogP contribution in [-0.4, -0.2) is 29.0 Å². The normalized spacial score (nSPS) is 11.9. The fraction of sp³-hybridized carbons (Fsp3) is 0.227. The number of rotatable bonds is 8. The molecule has 33 heavy (non-hydrogen) atoms. The fourth-order valence-corrected chi connectivity index (χ4v) is 5.45. The maximum atomic E-state index is 12.8. The fourth-order valence-electron chi connectivity index (χ4n) is 3.68. The summed E-state index contributed by atoms with van der Waals surface area (Å²) in [4.78, 5) is 27.5. The molecule has 0 radical (unpaired) electrons. The number of hydrogen-bond acceptors (Lipinski definition) is 8. The van der Waals surface area contributed by atoms with Gasteiger partial charge in [0.15, 0.2) is 0 Å². The number of thiazole rings is 1. The van der Waals surface area contributed by atoms with Gasteiger partial charge in [0.25, 0.3) is 10.1 Å². The quantitative estimate of drug-likeness (QED) is 0.188. The Morgan fingerprint density at radius 3 is 2.61 bits per heavy atom. The molecule has 0 bridgehead atoms. The number of hydrogen-bond donors (Lipinski definition) is 3. The maximum Gasteiger partial charge on any atom is 0.348 e. The van der Waals surface area contributed by atoms with Crippen LogP contribution in [0.2, 0.25) is 0 Å². The Labute approximate surface area is 192 Å². The Morgan fingerprint density at radius 2 is 1.91 bits per heavy atom. The summed E-state index contributed by atoms with van der Waals surface area (Å²) in [6.07, 6.45) is 1.75. The molecule has 0 atom stereocenters. The van der Waals surface area contributed by atoms with Crippen molar-refractivity contribution in [1.29, 1.82) is 0 Å². The predicted molar refractivity (Wildman–Crippen MR) is 125 cm³/mol. The topological polar surface area (TPSA) is 161 Å². The van der Waals surface area contributed by atoms with E-state index in [1.165, 1.54) is 23.5 Å². The SMILES string of the molecule is Nc1c(-c2nc3ccccc3s2)c(=O)oc2cc(CCCCCC(=O)O)c(S(=O)(=O)O)cc12. The summed E-state index contributed by atoms with van der Waals surface area (Å²) in [6, 6.07) is 9.90. The van der Waals surface area contributed by atoms with E-state index in [1.807, 2.05) is 18.2 Å². The first-order chi connectivity index (χ1) is 15.6. The van der Waals surface area contributed by atoms with Crippen molar-refractivity contribution in [3.63, 3.8) is 0 Å². The third kappa shape index (κ3) is 4.75. The molecule has 0 fully saturated rings. The van der Waals surface area contributed by atoms with Crippen LogP contribution in [0.25, 0.3) is 31.8 Å². The van der Waals surface area contributed by atoms with Gasteiger partial charge in [0.2, 0.25) is 0 Å². The Balaban J connectivity index is 1.79. The van der Waals surface area contributed by atoms with E-state index < -0.39 is 21.7 Å². The molecule has 4 rings (SSSR count). The first-order valence-electron chi connectivity index (χ1n) is 10.1. The van der Waals surface area contributed by atoms with Crippen molar-refractivity contribution in [3.8, 4) is 10.6 Å². The number of benzene rings is 2. The molecule has 2 heterocycles. The summed E-state index contributed by atoms with van der Waals surface area (Å²) in [5.41, 5.74) is 6.66. The Morgan fingerprint density at radius 1 is 1.15 bits per heavy atom. The van der Waals surface area contributed by atoms with E-state index >= 15 is 0 Å². The number of nitrogens with two attached hydrogens (primary N) is 1. The monoisotopic (exact) mass is 488 g/mol. The van der Waals surface area contributed by atoms with Gasteiger partial charge in [-0.05, 0) is 49.1 Å². The third-order valence-corrected chi connectivity index (χ3v) is 7.24. The number of nitrogens with zero attached hydrogens (tertiary/aromatic N) is 1. The van der Waals surface area contributed by atoms with Crippen LogP contribution in [0.1, 0.15) is 31.2 Å². The molecular formula is C22H20N2O7S2. The zero-order valence-electron chi connectivity index (χ0n) is 17.3. The van der Waals surface area contributed by atoms with Crippen LogP contribution in [0, 0.1) is 0 Å². The van der Waals surface area contributed by atoms with Crippen molar-refractivity contribution < 1.29 is 27.3 Å². The number of carboxylic acid groups (broad SMARTS) is 1. The van der Waals surface area contributed by atoms with Crippen LogP contribution in [0.3, 0.4) is 0 Å². The number of anilines is 1. The van der Waals surface area contributed by atoms with Gasteiger partial charge in [-0.3, -0.25) is 9.35 Å². The summed E-state index contributed by atoms with van der Waals surface area (Å²) in [7, 11) is -4.59. The minimum Gasteiger partial charge on any atom is -0.481 e. The lowest BCUT2D eigenvalue weighted by Crippen LogP contribution is -2.10. The molecule has 2 aromatic carbocycles. The van der Waals surface area contributed by atoms with Gasteiger partial charge in [0.1, 0.15) is 16.2 Å². The number of aromatic nitrogens is 1. The number of unbranched alkanes of at least 4 members (excludes halogenated alkanes) is 2. The van der Waals surface area contributed by atoms with Gasteiger partial charge < -0.3 is 15.3 Å². The number of para-hydroxylation sites is 1. The molecule has 0 aliphatic rings. The first kappa shape index (κ1) is 22.9. The molecule has 0 amide bonds. The van der Waals surface area contributed by atoms with Crippen LogP contribution in [-0.2, 0) is 21.3 Å². The second-order valence-electron chi connectivity index (χ2n) is 7.55. The maximum absolute atomic E-state index is 12.8. The highest BCUT2D eigenvalue weighted by Crippen LogP contribution is 2.36. The molecule has 0 spiro atoms. The highest BCUT2D eigenvalue weighted by molar-refractivity contribution is 7.85. The van der Waals surface area contributed by atoms with Crippen molar-refractivity contribution in [2.24, 2.45) is 0 Å². The molecule has 172 valence electrons. The third-order valence-electron chi connectivity index (χ3n) is 5.25. The second kappa shape index (κ2) is 8.93. The molecule has 0 saturated heterocycles. The van der Waals surface area contributed by atoms with Gasteiger partial charge in [-0.1, -0.05) is 18.6 Å². The van der Waals surface area contributed by atoms with Crippen molar-refractivity contribution >= 4 is 54.3 Å². The second-order valence-corrected chi connectivity index (χ2v) is 9.97. The number of fused-ring (bicyclic) bond motifs is 2. The molecule has 0 saturated carbocycles. The van der Waals surface area contributed by atoms with E-state index in [1.54, 1.807) is 6.07 Å². The number of aryl methyl sites for hydroxylation is 1. The van der Waals surface area contributed by atoms with Gasteiger partial charge in [-0.2, -0.15) is 8.42 Å². The number of carbonyl (C=O) groups is 1. The van der Waals surface area contributed by atoms with Gasteiger partial charge in [-0.15, -0.1) is 11.3 Å². The van der Waals surface area contributed by atoms with Gasteiger partial charge in [0, 0.05) is 11.8 Å². The summed E-state index contributed by atoms with van der Waals surface area (Å²) >= 11 is 1.26. The van der Waals surface area contributed by atoms with Gasteiger partial charge >= 0.3 is 11.6 Å². The van der Waals surface area contributed by atoms with Crippen LogP contribution in [0.15, 0.2) is 50.5 Å². The van der Waals surface area contributed by atoms with Gasteiger partial charge in [-0.25, -0.2) is 9.78 Å². The summed E-state index contributed by atoms with van der Waals surface area (Å²) < 4.78 is 40.2. The van der Waals surface area contributed by atoms with Crippen LogP contribution < -0.4 is 11.4 Å². The average Bonchev–Trinajstić information content (AvgIpc) is 3.15. The number of nitrogen functional groups attached to an aromatic ring is 1. The molecule has 0 aliphatic carbocycles. The molecular weight excluding hydrogens is 468 g/mol. The van der Waals surface area contributed by atoms with Crippen molar-refractivity contribution in [2.45, 2.75) is 37.0 Å². The lowest BCUT2D eigenvalue weighted by molar-refractivity contribution is -0.137. The first-order valence-corrected chi connectivity index (χ1v) is 12.3. The van der Waals surface area contributed by atoms with Crippen molar-refractivity contribution in [2.75, 3.05) is 5.73 Å². The Bertz CT molecular complexity index is 1500. The Kier molecular flexibility index (Phi) is 6.19. The molecule has 9 nitrogen and oxygen atoms in total. The van der Waals surface area contributed by atoms with E-state index in [4.69, 9.17) is 15.3 Å². The molecule has 0 unspecified atom stereocenters. The molecule has 11 heteroatoms. The molecule has 4 aromatic rings. The Hall–Kier alpha value is -3.28. The minimum atomic E-state index is -4.59. The lowest BCUT2D eigenvalue weighted by Gasteiger charge is -2.11. The molecule has 0 aliphatic heterocycles. The van der Waals surface area contributed by atoms with E-state index in [0.717, 1.165) is 4.70 Å². The highest BCUT2D eigenvalue weighted by atomic mass is 32.2. The van der Waals surface area contributed by atoms with E-state index in [0.29, 0.717) is 29.8 Å². The summed E-state index contributed by atoms with van der Waals surface area (Å²) in [6.45, 7) is 0. The zero-order valence-corrected chi connectivity index (χ0v) is 18.9. The smallest absolute Gasteiger partial charge is 0.348 e. The summed E-state index contributed by atoms with van der Waals surface area (Å²) in [5.74, 6) is -0.902. The molecule has 4 N–H and O–H groups in total. The van der Waals surface area contributed by atoms with Crippen molar-refractivity contribution in [1.82, 2.24) is 4.98 Å². The van der Waals surface area contributed by atoms with E-state index in [2.05, 4.69) is 4.98 Å². The lowest BCUT2D eigenvalue weighted by atomic mass is 10.0. The molecule has 2 aromatic heterocycles. The number of aliphatic carboxylic acids is 1.